The SMILES string of the molecule is CC(C)(C)OC(=O)NC1CCC(Nc2cc(N(C(=O)OC(C)(C)C)c3cccc(F)c3)n3ncc(C4CC4)c3n2)CC1. The maximum Gasteiger partial charge on any atom is 0.420 e. The lowest BCUT2D eigenvalue weighted by atomic mass is 9.91. The van der Waals surface area contributed by atoms with E-state index in [2.05, 4.69) is 15.7 Å². The van der Waals surface area contributed by atoms with E-state index >= 15 is 0 Å². The molecule has 2 aliphatic rings. The van der Waals surface area contributed by atoms with Gasteiger partial charge in [0.2, 0.25) is 0 Å². The molecule has 0 bridgehead atoms. The van der Waals surface area contributed by atoms with Crippen LogP contribution in [-0.4, -0.2) is 50.1 Å². The van der Waals surface area contributed by atoms with E-state index < -0.39 is 29.2 Å². The van der Waals surface area contributed by atoms with Gasteiger partial charge in [-0.05, 0) is 104 Å². The number of nitrogens with one attached hydrogen (secondary N) is 2. The number of benzene rings is 1. The summed E-state index contributed by atoms with van der Waals surface area (Å²) in [7, 11) is 0. The summed E-state index contributed by atoms with van der Waals surface area (Å²) in [5, 5.41) is 11.1. The van der Waals surface area contributed by atoms with Crippen molar-refractivity contribution in [2.75, 3.05) is 10.2 Å². The van der Waals surface area contributed by atoms with Gasteiger partial charge >= 0.3 is 12.2 Å². The number of carbonyl (C=O) groups excluding carboxylic acids is 2. The fourth-order valence-corrected chi connectivity index (χ4v) is 5.20. The number of amides is 2. The van der Waals surface area contributed by atoms with Gasteiger partial charge in [-0.2, -0.15) is 9.61 Å². The molecule has 2 heterocycles. The minimum atomic E-state index is -0.773. The van der Waals surface area contributed by atoms with Crippen molar-refractivity contribution < 1.29 is 23.5 Å². The maximum absolute atomic E-state index is 14.4. The Labute approximate surface area is 246 Å². The second kappa shape index (κ2) is 11.4. The first-order valence-corrected chi connectivity index (χ1v) is 14.7. The van der Waals surface area contributed by atoms with Crippen LogP contribution in [0.2, 0.25) is 0 Å². The summed E-state index contributed by atoms with van der Waals surface area (Å²) in [5.74, 6) is 0.889. The van der Waals surface area contributed by atoms with E-state index in [-0.39, 0.29) is 12.1 Å². The summed E-state index contributed by atoms with van der Waals surface area (Å²) in [6.45, 7) is 10.9. The fraction of sp³-hybridized carbons (Fsp3) is 0.548. The molecule has 42 heavy (non-hydrogen) atoms. The molecule has 0 aliphatic heterocycles. The van der Waals surface area contributed by atoms with Crippen molar-refractivity contribution in [2.45, 2.75) is 109 Å². The van der Waals surface area contributed by atoms with Crippen LogP contribution in [0.3, 0.4) is 0 Å². The zero-order valence-electron chi connectivity index (χ0n) is 25.2. The highest BCUT2D eigenvalue weighted by Crippen LogP contribution is 2.43. The first-order chi connectivity index (χ1) is 19.8. The van der Waals surface area contributed by atoms with Gasteiger partial charge in [-0.15, -0.1) is 0 Å². The van der Waals surface area contributed by atoms with Gasteiger partial charge in [-0.1, -0.05) is 6.07 Å². The molecule has 2 saturated carbocycles. The maximum atomic E-state index is 14.4. The van der Waals surface area contributed by atoms with E-state index in [4.69, 9.17) is 14.5 Å². The second-order valence-electron chi connectivity index (χ2n) is 13.2. The molecule has 0 radical (unpaired) electrons. The molecule has 2 N–H and O–H groups in total. The number of hydrogen-bond donors (Lipinski definition) is 2. The summed E-state index contributed by atoms with van der Waals surface area (Å²) in [4.78, 5) is 32.2. The van der Waals surface area contributed by atoms with Crippen molar-refractivity contribution >= 4 is 35.2 Å². The predicted octanol–water partition coefficient (Wildman–Crippen LogP) is 7.07. The van der Waals surface area contributed by atoms with Gasteiger partial charge in [-0.3, -0.25) is 0 Å². The van der Waals surface area contributed by atoms with Crippen LogP contribution in [-0.2, 0) is 9.47 Å². The van der Waals surface area contributed by atoms with Crippen molar-refractivity contribution in [1.29, 1.82) is 0 Å². The van der Waals surface area contributed by atoms with Crippen LogP contribution in [0, 0.1) is 5.82 Å². The summed E-state index contributed by atoms with van der Waals surface area (Å²) in [5.41, 5.74) is 0.679. The summed E-state index contributed by atoms with van der Waals surface area (Å²) in [6, 6.07) is 7.76. The van der Waals surface area contributed by atoms with Crippen molar-refractivity contribution in [3.05, 3.63) is 47.9 Å². The molecule has 0 saturated heterocycles. The smallest absolute Gasteiger partial charge is 0.420 e. The Morgan fingerprint density at radius 2 is 1.62 bits per heavy atom. The molecule has 0 atom stereocenters. The van der Waals surface area contributed by atoms with Crippen LogP contribution < -0.4 is 15.5 Å². The molecule has 2 aromatic heterocycles. The fourth-order valence-electron chi connectivity index (χ4n) is 5.20. The summed E-state index contributed by atoms with van der Waals surface area (Å²) in [6.07, 6.45) is 6.09. The van der Waals surface area contributed by atoms with Crippen LogP contribution >= 0.6 is 0 Å². The van der Waals surface area contributed by atoms with Gasteiger partial charge in [0.05, 0.1) is 11.9 Å². The molecule has 10 nitrogen and oxygen atoms in total. The molecule has 5 rings (SSSR count). The van der Waals surface area contributed by atoms with Gasteiger partial charge < -0.3 is 20.1 Å². The quantitative estimate of drug-likeness (QED) is 0.321. The molecule has 0 spiro atoms. The average Bonchev–Trinajstić information content (AvgIpc) is 3.62. The molecule has 2 aliphatic carbocycles. The Balaban J connectivity index is 1.44. The number of nitrogens with zero attached hydrogens (tertiary/aromatic N) is 4. The third kappa shape index (κ3) is 7.30. The van der Waals surface area contributed by atoms with E-state index in [9.17, 15) is 14.0 Å². The number of hydrogen-bond acceptors (Lipinski definition) is 7. The van der Waals surface area contributed by atoms with E-state index in [1.54, 1.807) is 49.7 Å². The van der Waals surface area contributed by atoms with Crippen molar-refractivity contribution in [3.8, 4) is 0 Å². The van der Waals surface area contributed by atoms with Crippen molar-refractivity contribution in [2.24, 2.45) is 0 Å². The first-order valence-electron chi connectivity index (χ1n) is 14.7. The molecular formula is C31H41FN6O4. The lowest BCUT2D eigenvalue weighted by molar-refractivity contribution is 0.0490. The number of fused-ring (bicyclic) bond motifs is 1. The lowest BCUT2D eigenvalue weighted by Crippen LogP contribution is -2.42. The molecule has 0 unspecified atom stereocenters. The Kier molecular flexibility index (Phi) is 8.04. The van der Waals surface area contributed by atoms with Crippen LogP contribution in [0.5, 0.6) is 0 Å². The molecule has 2 amide bonds. The van der Waals surface area contributed by atoms with Gasteiger partial charge in [0.25, 0.3) is 0 Å². The van der Waals surface area contributed by atoms with Gasteiger partial charge in [0.15, 0.2) is 5.65 Å². The number of ether oxygens (including phenoxy) is 2. The van der Waals surface area contributed by atoms with E-state index in [1.165, 1.54) is 17.0 Å². The number of anilines is 3. The average molecular weight is 581 g/mol. The largest absolute Gasteiger partial charge is 0.444 e. The van der Waals surface area contributed by atoms with Crippen LogP contribution in [0.15, 0.2) is 36.5 Å². The molecule has 226 valence electrons. The molecule has 3 aromatic rings. The van der Waals surface area contributed by atoms with Crippen molar-refractivity contribution in [1.82, 2.24) is 19.9 Å². The Morgan fingerprint density at radius 1 is 0.952 bits per heavy atom. The van der Waals surface area contributed by atoms with E-state index in [1.807, 2.05) is 20.8 Å². The Hall–Kier alpha value is -3.89. The Morgan fingerprint density at radius 3 is 2.24 bits per heavy atom. The highest BCUT2D eigenvalue weighted by atomic mass is 19.1. The van der Waals surface area contributed by atoms with Crippen LogP contribution in [0.1, 0.15) is 91.5 Å². The zero-order chi connectivity index (χ0) is 30.2. The highest BCUT2D eigenvalue weighted by Gasteiger charge is 2.32. The van der Waals surface area contributed by atoms with Crippen LogP contribution in [0.4, 0.5) is 31.3 Å². The number of alkyl carbamates (subject to hydrolysis) is 1. The summed E-state index contributed by atoms with van der Waals surface area (Å²) < 4.78 is 27.2. The minimum Gasteiger partial charge on any atom is -0.444 e. The normalized spacial score (nSPS) is 19.3. The molecule has 11 heteroatoms. The molecule has 2 fully saturated rings. The summed E-state index contributed by atoms with van der Waals surface area (Å²) >= 11 is 0. The second-order valence-corrected chi connectivity index (χ2v) is 13.2. The lowest BCUT2D eigenvalue weighted by Gasteiger charge is -2.31. The van der Waals surface area contributed by atoms with Gasteiger partial charge in [0, 0.05) is 23.7 Å². The third-order valence-electron chi connectivity index (χ3n) is 7.17. The predicted molar refractivity (Wildman–Crippen MR) is 159 cm³/mol. The first kappa shape index (κ1) is 29.6. The van der Waals surface area contributed by atoms with E-state index in [0.717, 1.165) is 44.1 Å². The topological polar surface area (TPSA) is 110 Å². The third-order valence-corrected chi connectivity index (χ3v) is 7.17. The van der Waals surface area contributed by atoms with Gasteiger partial charge in [0.1, 0.15) is 28.7 Å². The minimum absolute atomic E-state index is 0.0378. The zero-order valence-corrected chi connectivity index (χ0v) is 25.2. The monoisotopic (exact) mass is 580 g/mol. The van der Waals surface area contributed by atoms with Gasteiger partial charge in [-0.25, -0.2) is 23.9 Å². The highest BCUT2D eigenvalue weighted by molar-refractivity contribution is 5.96. The van der Waals surface area contributed by atoms with Crippen molar-refractivity contribution in [3.63, 3.8) is 0 Å². The van der Waals surface area contributed by atoms with E-state index in [0.29, 0.717) is 28.9 Å². The number of carbonyl (C=O) groups is 2. The Bertz CT molecular complexity index is 1450. The molecular weight excluding hydrogens is 539 g/mol. The standard InChI is InChI=1S/C31H41FN6O4/c1-30(2,3)41-28(39)35-22-14-12-21(13-15-22)34-25-17-26(38-27(36-25)24(18-33-38)19-10-11-19)37(29(40)42-31(4,5)6)23-9-7-8-20(32)16-23/h7-9,16-19,21-22H,10-15H2,1-6H3,(H,34,36)(H,35,39). The van der Waals surface area contributed by atoms with Crippen LogP contribution in [0.25, 0.3) is 5.65 Å². The molecule has 1 aromatic carbocycles. The number of aromatic nitrogens is 3. The number of rotatable bonds is 6. The number of halogens is 1.